The molecule has 64 valence electrons. The lowest BCUT2D eigenvalue weighted by Gasteiger charge is -1.97. The van der Waals surface area contributed by atoms with E-state index in [-0.39, 0.29) is 12.3 Å². The van der Waals surface area contributed by atoms with Crippen molar-refractivity contribution in [3.63, 3.8) is 0 Å². The molecule has 0 atom stereocenters. The number of halogens is 1. The number of carbonyl (C=O) groups excluding carboxylic acids is 1. The summed E-state index contributed by atoms with van der Waals surface area (Å²) in [6.07, 6.45) is 1.85. The second-order valence-electron chi connectivity index (χ2n) is 2.43. The van der Waals surface area contributed by atoms with E-state index in [1.165, 1.54) is 0 Å². The van der Waals surface area contributed by atoms with E-state index >= 15 is 0 Å². The highest BCUT2D eigenvalue weighted by atomic mass is 35.5. The number of hydrogen-bond acceptors (Lipinski definition) is 2. The normalized spacial score (nSPS) is 9.75. The Morgan fingerprint density at radius 1 is 1.58 bits per heavy atom. The number of aromatic nitrogens is 1. The van der Waals surface area contributed by atoms with Gasteiger partial charge in [0.2, 0.25) is 5.91 Å². The number of hydrogen-bond donors (Lipinski definition) is 1. The first-order chi connectivity index (χ1) is 5.72. The summed E-state index contributed by atoms with van der Waals surface area (Å²) in [5.74, 6) is 0.0343. The molecule has 4 heteroatoms. The van der Waals surface area contributed by atoms with Crippen LogP contribution < -0.4 is 5.73 Å². The van der Waals surface area contributed by atoms with Crippen LogP contribution in [0.5, 0.6) is 0 Å². The number of carbonyl (C=O) groups is 1. The fourth-order valence-corrected chi connectivity index (χ4v) is 0.998. The summed E-state index contributed by atoms with van der Waals surface area (Å²) in [7, 11) is 0. The standard InChI is InChI=1S/C8H9ClN2O/c9-4-7-2-1-6(5-11-7)3-8(10)12/h1-2,5H,3-4H2,(H2,10,12). The van der Waals surface area contributed by atoms with E-state index in [2.05, 4.69) is 4.98 Å². The summed E-state index contributed by atoms with van der Waals surface area (Å²) in [4.78, 5) is 14.5. The van der Waals surface area contributed by atoms with Gasteiger partial charge in [-0.2, -0.15) is 0 Å². The van der Waals surface area contributed by atoms with Crippen LogP contribution in [0.2, 0.25) is 0 Å². The summed E-state index contributed by atoms with van der Waals surface area (Å²) in [5.41, 5.74) is 6.61. The van der Waals surface area contributed by atoms with Crippen molar-refractivity contribution in [2.45, 2.75) is 12.3 Å². The number of alkyl halides is 1. The topological polar surface area (TPSA) is 56.0 Å². The molecule has 0 fully saturated rings. The smallest absolute Gasteiger partial charge is 0.221 e. The van der Waals surface area contributed by atoms with Crippen molar-refractivity contribution in [1.29, 1.82) is 0 Å². The zero-order valence-corrected chi connectivity index (χ0v) is 7.21. The van der Waals surface area contributed by atoms with Gasteiger partial charge < -0.3 is 5.73 Å². The molecule has 0 saturated heterocycles. The first-order valence-electron chi connectivity index (χ1n) is 3.50. The first-order valence-corrected chi connectivity index (χ1v) is 4.04. The minimum Gasteiger partial charge on any atom is -0.369 e. The molecule has 1 aromatic heterocycles. The molecule has 0 aliphatic rings. The maximum atomic E-state index is 10.5. The predicted molar refractivity (Wildman–Crippen MR) is 46.7 cm³/mol. The van der Waals surface area contributed by atoms with Crippen molar-refractivity contribution in [3.8, 4) is 0 Å². The number of nitrogens with two attached hydrogens (primary N) is 1. The van der Waals surface area contributed by atoms with Crippen molar-refractivity contribution in [2.75, 3.05) is 0 Å². The SMILES string of the molecule is NC(=O)Cc1ccc(CCl)nc1. The Morgan fingerprint density at radius 2 is 2.33 bits per heavy atom. The van der Waals surface area contributed by atoms with Crippen LogP contribution in [-0.4, -0.2) is 10.9 Å². The van der Waals surface area contributed by atoms with Crippen LogP contribution in [-0.2, 0) is 17.1 Å². The molecule has 1 amide bonds. The highest BCUT2D eigenvalue weighted by Crippen LogP contribution is 2.02. The lowest BCUT2D eigenvalue weighted by atomic mass is 10.2. The van der Waals surface area contributed by atoms with Gasteiger partial charge in [0.05, 0.1) is 18.0 Å². The zero-order chi connectivity index (χ0) is 8.97. The van der Waals surface area contributed by atoms with Gasteiger partial charge in [0, 0.05) is 6.20 Å². The first kappa shape index (κ1) is 9.00. The number of amides is 1. The molecule has 0 saturated carbocycles. The molecule has 12 heavy (non-hydrogen) atoms. The second-order valence-corrected chi connectivity index (χ2v) is 2.70. The highest BCUT2D eigenvalue weighted by molar-refractivity contribution is 6.16. The summed E-state index contributed by atoms with van der Waals surface area (Å²) < 4.78 is 0. The second kappa shape index (κ2) is 4.07. The van der Waals surface area contributed by atoms with Crippen LogP contribution in [0.1, 0.15) is 11.3 Å². The quantitative estimate of drug-likeness (QED) is 0.709. The average molecular weight is 185 g/mol. The maximum Gasteiger partial charge on any atom is 0.221 e. The molecule has 1 rings (SSSR count). The van der Waals surface area contributed by atoms with Crippen LogP contribution in [0.4, 0.5) is 0 Å². The molecule has 3 nitrogen and oxygen atoms in total. The van der Waals surface area contributed by atoms with Gasteiger partial charge >= 0.3 is 0 Å². The Labute approximate surface area is 75.6 Å². The number of rotatable bonds is 3. The number of primary amides is 1. The Kier molecular flexibility index (Phi) is 3.05. The van der Waals surface area contributed by atoms with E-state index in [0.717, 1.165) is 11.3 Å². The molecular weight excluding hydrogens is 176 g/mol. The Hall–Kier alpha value is -1.09. The van der Waals surface area contributed by atoms with E-state index in [0.29, 0.717) is 5.88 Å². The van der Waals surface area contributed by atoms with Crippen molar-refractivity contribution in [1.82, 2.24) is 4.98 Å². The summed E-state index contributed by atoms with van der Waals surface area (Å²) >= 11 is 5.53. The van der Waals surface area contributed by atoms with Gasteiger partial charge in [-0.1, -0.05) is 6.07 Å². The molecule has 1 aromatic rings. The molecule has 1 heterocycles. The van der Waals surface area contributed by atoms with Gasteiger partial charge in [-0.05, 0) is 11.6 Å². The van der Waals surface area contributed by atoms with Crippen LogP contribution in [0.25, 0.3) is 0 Å². The molecule has 2 N–H and O–H groups in total. The maximum absolute atomic E-state index is 10.5. The van der Waals surface area contributed by atoms with Crippen LogP contribution >= 0.6 is 11.6 Å². The molecule has 0 aliphatic heterocycles. The lowest BCUT2D eigenvalue weighted by Crippen LogP contribution is -2.13. The largest absolute Gasteiger partial charge is 0.369 e. The van der Waals surface area contributed by atoms with Gasteiger partial charge in [0.25, 0.3) is 0 Å². The van der Waals surface area contributed by atoms with E-state index in [1.807, 2.05) is 0 Å². The van der Waals surface area contributed by atoms with Crippen molar-refractivity contribution in [3.05, 3.63) is 29.6 Å². The van der Waals surface area contributed by atoms with Crippen molar-refractivity contribution in [2.24, 2.45) is 5.73 Å². The van der Waals surface area contributed by atoms with Crippen molar-refractivity contribution >= 4 is 17.5 Å². The van der Waals surface area contributed by atoms with Crippen LogP contribution in [0.15, 0.2) is 18.3 Å². The molecule has 0 unspecified atom stereocenters. The third-order valence-electron chi connectivity index (χ3n) is 1.40. The molecule has 0 aromatic carbocycles. The van der Waals surface area contributed by atoms with E-state index in [1.54, 1.807) is 18.3 Å². The zero-order valence-electron chi connectivity index (χ0n) is 6.46. The predicted octanol–water partition coefficient (Wildman–Crippen LogP) is 0.848. The Balaban J connectivity index is 2.71. The average Bonchev–Trinajstić information content (AvgIpc) is 2.05. The minimum absolute atomic E-state index is 0.232. The molecule has 0 aliphatic carbocycles. The lowest BCUT2D eigenvalue weighted by molar-refractivity contribution is -0.117. The third-order valence-corrected chi connectivity index (χ3v) is 1.68. The monoisotopic (exact) mass is 184 g/mol. The minimum atomic E-state index is -0.351. The molecular formula is C8H9ClN2O. The van der Waals surface area contributed by atoms with Crippen LogP contribution in [0.3, 0.4) is 0 Å². The Bertz CT molecular complexity index is 271. The van der Waals surface area contributed by atoms with E-state index in [4.69, 9.17) is 17.3 Å². The molecule has 0 bridgehead atoms. The van der Waals surface area contributed by atoms with Crippen molar-refractivity contribution < 1.29 is 4.79 Å². The third kappa shape index (κ3) is 2.51. The van der Waals surface area contributed by atoms with Gasteiger partial charge in [0.15, 0.2) is 0 Å². The van der Waals surface area contributed by atoms with E-state index in [9.17, 15) is 4.79 Å². The van der Waals surface area contributed by atoms with Gasteiger partial charge in [-0.15, -0.1) is 11.6 Å². The number of pyridine rings is 1. The fourth-order valence-electron chi connectivity index (χ4n) is 0.840. The number of nitrogens with zero attached hydrogens (tertiary/aromatic N) is 1. The van der Waals surface area contributed by atoms with Gasteiger partial charge in [-0.25, -0.2) is 0 Å². The Morgan fingerprint density at radius 3 is 2.75 bits per heavy atom. The fraction of sp³-hybridized carbons (Fsp3) is 0.250. The summed E-state index contributed by atoms with van der Waals surface area (Å²) in [5, 5.41) is 0. The van der Waals surface area contributed by atoms with Gasteiger partial charge in [0.1, 0.15) is 0 Å². The van der Waals surface area contributed by atoms with E-state index < -0.39 is 0 Å². The summed E-state index contributed by atoms with van der Waals surface area (Å²) in [6.45, 7) is 0. The molecule has 0 radical (unpaired) electrons. The highest BCUT2D eigenvalue weighted by Gasteiger charge is 1.98. The molecule has 0 spiro atoms. The summed E-state index contributed by atoms with van der Waals surface area (Å²) in [6, 6.07) is 3.58. The van der Waals surface area contributed by atoms with Gasteiger partial charge in [-0.3, -0.25) is 9.78 Å². The van der Waals surface area contributed by atoms with Crippen LogP contribution in [0, 0.1) is 0 Å².